The van der Waals surface area contributed by atoms with Crippen molar-refractivity contribution in [3.05, 3.63) is 0 Å². The van der Waals surface area contributed by atoms with Gasteiger partial charge >= 0.3 is 11.9 Å². The van der Waals surface area contributed by atoms with Crippen molar-refractivity contribution in [1.82, 2.24) is 15.5 Å². The third kappa shape index (κ3) is 6.46. The molecule has 0 aromatic rings. The number of likely N-dealkylation sites (tertiary alicyclic amines) is 1. The third-order valence-electron chi connectivity index (χ3n) is 4.31. The molecule has 12 nitrogen and oxygen atoms in total. The lowest BCUT2D eigenvalue weighted by Gasteiger charge is -2.27. The van der Waals surface area contributed by atoms with E-state index >= 15 is 0 Å². The van der Waals surface area contributed by atoms with E-state index in [1.807, 2.05) is 0 Å². The Morgan fingerprint density at radius 3 is 2.29 bits per heavy atom. The molecular formula is C16H26N4O8. The molecule has 1 rings (SSSR count). The maximum Gasteiger partial charge on any atom is 0.326 e. The zero-order valence-corrected chi connectivity index (χ0v) is 15.5. The number of nitrogens with zero attached hydrogens (tertiary/aromatic N) is 1. The molecule has 4 unspecified atom stereocenters. The molecule has 0 bridgehead atoms. The van der Waals surface area contributed by atoms with Gasteiger partial charge in [-0.1, -0.05) is 0 Å². The van der Waals surface area contributed by atoms with Crippen molar-refractivity contribution in [2.24, 2.45) is 5.73 Å². The summed E-state index contributed by atoms with van der Waals surface area (Å²) in [6.45, 7) is 1.02. The predicted molar refractivity (Wildman–Crippen MR) is 93.8 cm³/mol. The number of aliphatic carboxylic acids is 2. The van der Waals surface area contributed by atoms with E-state index in [4.69, 9.17) is 15.9 Å². The number of hydrogen-bond acceptors (Lipinski definition) is 7. The van der Waals surface area contributed by atoms with Crippen LogP contribution >= 0.6 is 0 Å². The second-order valence-electron chi connectivity index (χ2n) is 6.55. The van der Waals surface area contributed by atoms with Crippen LogP contribution in [0, 0.1) is 0 Å². The molecule has 0 aliphatic carbocycles. The Balaban J connectivity index is 2.74. The molecule has 0 aromatic carbocycles. The highest BCUT2D eigenvalue weighted by Gasteiger charge is 2.37. The highest BCUT2D eigenvalue weighted by Crippen LogP contribution is 2.18. The number of carboxylic acid groups (broad SMARTS) is 2. The minimum atomic E-state index is -1.49. The highest BCUT2D eigenvalue weighted by molar-refractivity contribution is 5.94. The molecule has 1 heterocycles. The number of rotatable bonds is 10. The molecule has 1 aliphatic rings. The van der Waals surface area contributed by atoms with Crippen LogP contribution in [-0.4, -0.2) is 87.2 Å². The van der Waals surface area contributed by atoms with Crippen molar-refractivity contribution in [1.29, 1.82) is 0 Å². The fourth-order valence-corrected chi connectivity index (χ4v) is 2.82. The quantitative estimate of drug-likeness (QED) is 0.224. The lowest BCUT2D eigenvalue weighted by atomic mass is 10.1. The summed E-state index contributed by atoms with van der Waals surface area (Å²) in [6, 6.07) is -4.58. The lowest BCUT2D eigenvalue weighted by Crippen LogP contribution is -2.57. The summed E-state index contributed by atoms with van der Waals surface area (Å²) in [5.74, 6) is -4.73. The predicted octanol–water partition coefficient (Wildman–Crippen LogP) is -2.76. The molecule has 158 valence electrons. The molecule has 0 saturated carbocycles. The van der Waals surface area contributed by atoms with Crippen molar-refractivity contribution in [3.8, 4) is 0 Å². The van der Waals surface area contributed by atoms with E-state index < -0.39 is 66.9 Å². The van der Waals surface area contributed by atoms with E-state index in [0.717, 1.165) is 0 Å². The monoisotopic (exact) mass is 402 g/mol. The molecule has 0 aromatic heterocycles. The smallest absolute Gasteiger partial charge is 0.326 e. The van der Waals surface area contributed by atoms with Crippen molar-refractivity contribution in [2.75, 3.05) is 13.2 Å². The second kappa shape index (κ2) is 10.6. The SMILES string of the molecule is CC(N)C(=O)N1CCCC1C(=O)NC(CO)C(=O)NC(CCC(=O)O)C(=O)O. The standard InChI is InChI=1S/C16H26N4O8/c1-8(17)15(26)20-6-2-3-11(20)14(25)19-10(7-21)13(24)18-9(16(27)28)4-5-12(22)23/h8-11,21H,2-7,17H2,1H3,(H,18,24)(H,19,25)(H,22,23)(H,27,28). The van der Waals surface area contributed by atoms with Crippen molar-refractivity contribution < 1.29 is 39.3 Å². The number of carbonyl (C=O) groups is 5. The summed E-state index contributed by atoms with van der Waals surface area (Å²) in [7, 11) is 0. The molecule has 28 heavy (non-hydrogen) atoms. The Morgan fingerprint density at radius 1 is 1.14 bits per heavy atom. The largest absolute Gasteiger partial charge is 0.481 e. The molecule has 12 heteroatoms. The van der Waals surface area contributed by atoms with E-state index in [1.54, 1.807) is 0 Å². The van der Waals surface area contributed by atoms with Gasteiger partial charge in [-0.2, -0.15) is 0 Å². The number of carbonyl (C=O) groups excluding carboxylic acids is 3. The molecule has 1 fully saturated rings. The van der Waals surface area contributed by atoms with E-state index in [0.29, 0.717) is 19.4 Å². The first kappa shape index (κ1) is 23.3. The summed E-state index contributed by atoms with van der Waals surface area (Å²) in [6.07, 6.45) is 0.0921. The number of amides is 3. The highest BCUT2D eigenvalue weighted by atomic mass is 16.4. The van der Waals surface area contributed by atoms with Gasteiger partial charge in [0.1, 0.15) is 18.1 Å². The topological polar surface area (TPSA) is 199 Å². The van der Waals surface area contributed by atoms with Gasteiger partial charge in [0.25, 0.3) is 0 Å². The molecule has 1 saturated heterocycles. The molecule has 1 aliphatic heterocycles. The average Bonchev–Trinajstić information content (AvgIpc) is 3.11. The number of nitrogens with two attached hydrogens (primary N) is 1. The van der Waals surface area contributed by atoms with Crippen LogP contribution in [0.4, 0.5) is 0 Å². The molecule has 7 N–H and O–H groups in total. The maximum atomic E-state index is 12.5. The number of nitrogens with one attached hydrogen (secondary N) is 2. The van der Waals surface area contributed by atoms with Crippen molar-refractivity contribution in [3.63, 3.8) is 0 Å². The van der Waals surface area contributed by atoms with Crippen LogP contribution in [0.5, 0.6) is 0 Å². The Labute approximate surface area is 161 Å². The van der Waals surface area contributed by atoms with E-state index in [-0.39, 0.29) is 6.42 Å². The van der Waals surface area contributed by atoms with Crippen LogP contribution < -0.4 is 16.4 Å². The van der Waals surface area contributed by atoms with Gasteiger partial charge in [0.2, 0.25) is 17.7 Å². The number of aliphatic hydroxyl groups is 1. The van der Waals surface area contributed by atoms with E-state index in [1.165, 1.54) is 11.8 Å². The Morgan fingerprint density at radius 2 is 1.79 bits per heavy atom. The first-order valence-corrected chi connectivity index (χ1v) is 8.80. The Hall–Kier alpha value is -2.73. The minimum Gasteiger partial charge on any atom is -0.481 e. The normalized spacial score (nSPS) is 19.4. The van der Waals surface area contributed by atoms with E-state index in [2.05, 4.69) is 10.6 Å². The van der Waals surface area contributed by atoms with Gasteiger partial charge in [-0.15, -0.1) is 0 Å². The van der Waals surface area contributed by atoms with Gasteiger partial charge in [0, 0.05) is 13.0 Å². The fourth-order valence-electron chi connectivity index (χ4n) is 2.82. The van der Waals surface area contributed by atoms with Crippen molar-refractivity contribution in [2.45, 2.75) is 56.8 Å². The second-order valence-corrected chi connectivity index (χ2v) is 6.55. The van der Waals surface area contributed by atoms with Crippen LogP contribution in [0.25, 0.3) is 0 Å². The first-order chi connectivity index (χ1) is 13.1. The molecular weight excluding hydrogens is 376 g/mol. The van der Waals surface area contributed by atoms with E-state index in [9.17, 15) is 29.1 Å². The number of aliphatic hydroxyl groups excluding tert-OH is 1. The zero-order chi connectivity index (χ0) is 21.4. The Bertz CT molecular complexity index is 624. The maximum absolute atomic E-state index is 12.5. The first-order valence-electron chi connectivity index (χ1n) is 8.80. The summed E-state index contributed by atoms with van der Waals surface area (Å²) in [4.78, 5) is 59.8. The van der Waals surface area contributed by atoms with Gasteiger partial charge < -0.3 is 36.6 Å². The Kier molecular flexibility index (Phi) is 8.79. The minimum absolute atomic E-state index is 0.338. The van der Waals surface area contributed by atoms with Crippen LogP contribution in [0.3, 0.4) is 0 Å². The fraction of sp³-hybridized carbons (Fsp3) is 0.688. The summed E-state index contributed by atoms with van der Waals surface area (Å²) in [5, 5.41) is 31.5. The number of carboxylic acids is 2. The average molecular weight is 402 g/mol. The summed E-state index contributed by atoms with van der Waals surface area (Å²) >= 11 is 0. The van der Waals surface area contributed by atoms with Gasteiger partial charge in [0.15, 0.2) is 0 Å². The summed E-state index contributed by atoms with van der Waals surface area (Å²) < 4.78 is 0. The van der Waals surface area contributed by atoms with Gasteiger partial charge in [-0.3, -0.25) is 19.2 Å². The van der Waals surface area contributed by atoms with Gasteiger partial charge in [0.05, 0.1) is 12.6 Å². The van der Waals surface area contributed by atoms with Crippen LogP contribution in [-0.2, 0) is 24.0 Å². The van der Waals surface area contributed by atoms with Crippen LogP contribution in [0.1, 0.15) is 32.6 Å². The molecule has 4 atom stereocenters. The zero-order valence-electron chi connectivity index (χ0n) is 15.5. The summed E-state index contributed by atoms with van der Waals surface area (Å²) in [5.41, 5.74) is 5.56. The molecule has 3 amide bonds. The number of hydrogen-bond donors (Lipinski definition) is 6. The van der Waals surface area contributed by atoms with Crippen molar-refractivity contribution >= 4 is 29.7 Å². The lowest BCUT2D eigenvalue weighted by molar-refractivity contribution is -0.144. The van der Waals surface area contributed by atoms with Gasteiger partial charge in [-0.05, 0) is 26.2 Å². The molecule has 0 spiro atoms. The van der Waals surface area contributed by atoms with Crippen LogP contribution in [0.2, 0.25) is 0 Å². The van der Waals surface area contributed by atoms with Gasteiger partial charge in [-0.25, -0.2) is 4.79 Å². The van der Waals surface area contributed by atoms with Crippen LogP contribution in [0.15, 0.2) is 0 Å². The third-order valence-corrected chi connectivity index (χ3v) is 4.31. The molecule has 0 radical (unpaired) electrons.